The first kappa shape index (κ1) is 17.0. The number of nitrogens with zero attached hydrogens (tertiary/aromatic N) is 2. The third-order valence-electron chi connectivity index (χ3n) is 3.21. The van der Waals surface area contributed by atoms with Gasteiger partial charge in [-0.1, -0.05) is 23.7 Å². The Hall–Kier alpha value is -2.34. The van der Waals surface area contributed by atoms with Crippen LogP contribution in [0.2, 0.25) is 5.02 Å². The molecule has 0 atom stereocenters. The van der Waals surface area contributed by atoms with Crippen LogP contribution in [0.15, 0.2) is 34.0 Å². The molecule has 0 saturated heterocycles. The van der Waals surface area contributed by atoms with Crippen LogP contribution in [0.1, 0.15) is 25.8 Å². The largest absolute Gasteiger partial charge is 0.483 e. The normalized spacial score (nSPS) is 11.4. The molecule has 0 aliphatic carbocycles. The zero-order valence-electron chi connectivity index (χ0n) is 13.2. The second-order valence-electron chi connectivity index (χ2n) is 5.00. The van der Waals surface area contributed by atoms with E-state index in [1.807, 2.05) is 20.8 Å². The van der Waals surface area contributed by atoms with Crippen LogP contribution >= 0.6 is 11.6 Å². The van der Waals surface area contributed by atoms with Crippen molar-refractivity contribution in [2.75, 3.05) is 6.61 Å². The summed E-state index contributed by atoms with van der Waals surface area (Å²) in [6, 6.07) is 5.18. The van der Waals surface area contributed by atoms with Gasteiger partial charge >= 0.3 is 0 Å². The van der Waals surface area contributed by atoms with Crippen LogP contribution in [-0.4, -0.2) is 23.4 Å². The highest BCUT2D eigenvalue weighted by atomic mass is 35.5. The topological polar surface area (TPSA) is 76.7 Å². The number of ether oxygens (including phenoxy) is 1. The zero-order valence-corrected chi connectivity index (χ0v) is 14.0. The first-order valence-electron chi connectivity index (χ1n) is 7.17. The van der Waals surface area contributed by atoms with Crippen LogP contribution in [-0.2, 0) is 4.79 Å². The number of carbonyl (C=O) groups excluding carboxylic acids is 1. The summed E-state index contributed by atoms with van der Waals surface area (Å²) < 4.78 is 10.7. The molecular formula is C16H18ClN3O3. The Bertz CT molecular complexity index is 712. The Kier molecular flexibility index (Phi) is 5.76. The Morgan fingerprint density at radius 2 is 2.26 bits per heavy atom. The van der Waals surface area contributed by atoms with Crippen molar-refractivity contribution in [2.24, 2.45) is 5.10 Å². The smallest absolute Gasteiger partial charge is 0.277 e. The summed E-state index contributed by atoms with van der Waals surface area (Å²) >= 11 is 6.15. The van der Waals surface area contributed by atoms with Crippen molar-refractivity contribution in [3.8, 4) is 17.1 Å². The number of hydrazone groups is 1. The molecule has 1 amide bonds. The molecule has 0 unspecified atom stereocenters. The molecule has 1 aromatic heterocycles. The number of rotatable bonds is 6. The molecule has 23 heavy (non-hydrogen) atoms. The molecule has 6 nitrogen and oxygen atoms in total. The number of amides is 1. The third-order valence-corrected chi connectivity index (χ3v) is 3.61. The highest BCUT2D eigenvalue weighted by Gasteiger charge is 2.14. The minimum Gasteiger partial charge on any atom is -0.483 e. The second-order valence-corrected chi connectivity index (χ2v) is 5.41. The van der Waals surface area contributed by atoms with Crippen molar-refractivity contribution in [2.45, 2.75) is 27.2 Å². The van der Waals surface area contributed by atoms with E-state index in [1.165, 1.54) is 6.20 Å². The molecule has 0 spiro atoms. The molecule has 0 fully saturated rings. The van der Waals surface area contributed by atoms with E-state index in [0.29, 0.717) is 22.1 Å². The van der Waals surface area contributed by atoms with E-state index in [1.54, 1.807) is 18.2 Å². The number of hydrogen-bond acceptors (Lipinski definition) is 5. The van der Waals surface area contributed by atoms with Crippen molar-refractivity contribution in [3.63, 3.8) is 0 Å². The summed E-state index contributed by atoms with van der Waals surface area (Å²) in [4.78, 5) is 11.8. The summed E-state index contributed by atoms with van der Waals surface area (Å²) in [6.07, 6.45) is 2.30. The van der Waals surface area contributed by atoms with E-state index in [4.69, 9.17) is 20.9 Å². The molecule has 2 aromatic rings. The molecule has 0 aliphatic heterocycles. The molecule has 122 valence electrons. The first-order valence-corrected chi connectivity index (χ1v) is 7.55. The molecule has 0 saturated carbocycles. The predicted molar refractivity (Wildman–Crippen MR) is 88.7 cm³/mol. The van der Waals surface area contributed by atoms with E-state index in [-0.39, 0.29) is 12.5 Å². The van der Waals surface area contributed by atoms with Gasteiger partial charge < -0.3 is 9.26 Å². The maximum absolute atomic E-state index is 11.8. The van der Waals surface area contributed by atoms with Gasteiger partial charge in [-0.05, 0) is 38.0 Å². The minimum atomic E-state index is -0.339. The summed E-state index contributed by atoms with van der Waals surface area (Å²) in [5.74, 6) is 0.672. The van der Waals surface area contributed by atoms with E-state index in [9.17, 15) is 4.79 Å². The van der Waals surface area contributed by atoms with Crippen LogP contribution in [0.3, 0.4) is 0 Å². The first-order chi connectivity index (χ1) is 11.0. The van der Waals surface area contributed by atoms with Crippen molar-refractivity contribution < 1.29 is 14.1 Å². The summed E-state index contributed by atoms with van der Waals surface area (Å²) in [5.41, 5.74) is 4.76. The number of carbonyl (C=O) groups is 1. The Balaban J connectivity index is 2.13. The Morgan fingerprint density at radius 1 is 1.48 bits per heavy atom. The van der Waals surface area contributed by atoms with E-state index < -0.39 is 0 Å². The van der Waals surface area contributed by atoms with E-state index >= 15 is 0 Å². The molecule has 0 aliphatic rings. The quantitative estimate of drug-likeness (QED) is 0.646. The van der Waals surface area contributed by atoms with Crippen LogP contribution in [0.25, 0.3) is 11.3 Å². The lowest BCUT2D eigenvalue weighted by Gasteiger charge is -2.11. The second kappa shape index (κ2) is 7.78. The Morgan fingerprint density at radius 3 is 2.91 bits per heavy atom. The van der Waals surface area contributed by atoms with Gasteiger partial charge in [-0.15, -0.1) is 0 Å². The van der Waals surface area contributed by atoms with Gasteiger partial charge in [-0.3, -0.25) is 4.79 Å². The van der Waals surface area contributed by atoms with Gasteiger partial charge in [-0.2, -0.15) is 5.10 Å². The standard InChI is InChI=1S/C16H18ClN3O3/c1-4-11(3)19-20-16(21)9-22-15-7-10(2)13(17)8-12(15)14-5-6-18-23-14/h5-8H,4,9H2,1-3H3,(H,20,21)/b19-11-. The van der Waals surface area contributed by atoms with Crippen molar-refractivity contribution >= 4 is 23.2 Å². The van der Waals surface area contributed by atoms with Crippen LogP contribution in [0.4, 0.5) is 0 Å². The van der Waals surface area contributed by atoms with Gasteiger partial charge in [0.15, 0.2) is 12.4 Å². The SMILES string of the molecule is CC/C(C)=N\NC(=O)COc1cc(C)c(Cl)cc1-c1ccno1. The van der Waals surface area contributed by atoms with Crippen LogP contribution in [0, 0.1) is 6.92 Å². The number of nitrogens with one attached hydrogen (secondary N) is 1. The molecule has 1 aromatic carbocycles. The maximum atomic E-state index is 11.8. The summed E-state index contributed by atoms with van der Waals surface area (Å²) in [5, 5.41) is 8.20. The molecule has 1 N–H and O–H groups in total. The van der Waals surface area contributed by atoms with E-state index in [0.717, 1.165) is 17.7 Å². The third kappa shape index (κ3) is 4.56. The number of aromatic nitrogens is 1. The molecule has 1 heterocycles. The fourth-order valence-corrected chi connectivity index (χ4v) is 1.90. The van der Waals surface area contributed by atoms with Gasteiger partial charge in [0.25, 0.3) is 5.91 Å². The van der Waals surface area contributed by atoms with Gasteiger partial charge in [0.2, 0.25) is 0 Å². The highest BCUT2D eigenvalue weighted by Crippen LogP contribution is 2.34. The number of hydrogen-bond donors (Lipinski definition) is 1. The monoisotopic (exact) mass is 335 g/mol. The summed E-state index contributed by atoms with van der Waals surface area (Å²) in [6.45, 7) is 5.49. The van der Waals surface area contributed by atoms with Gasteiger partial charge in [-0.25, -0.2) is 5.43 Å². The van der Waals surface area contributed by atoms with Gasteiger partial charge in [0, 0.05) is 16.8 Å². The van der Waals surface area contributed by atoms with Crippen LogP contribution < -0.4 is 10.2 Å². The van der Waals surface area contributed by atoms with Gasteiger partial charge in [0.1, 0.15) is 5.75 Å². The van der Waals surface area contributed by atoms with Crippen molar-refractivity contribution in [3.05, 3.63) is 35.0 Å². The van der Waals surface area contributed by atoms with Crippen molar-refractivity contribution in [1.29, 1.82) is 0 Å². The highest BCUT2D eigenvalue weighted by molar-refractivity contribution is 6.31. The maximum Gasteiger partial charge on any atom is 0.277 e. The summed E-state index contributed by atoms with van der Waals surface area (Å²) in [7, 11) is 0. The zero-order chi connectivity index (χ0) is 16.8. The fourth-order valence-electron chi connectivity index (χ4n) is 1.73. The molecule has 0 radical (unpaired) electrons. The molecular weight excluding hydrogens is 318 g/mol. The lowest BCUT2D eigenvalue weighted by molar-refractivity contribution is -0.123. The lowest BCUT2D eigenvalue weighted by Crippen LogP contribution is -2.25. The average Bonchev–Trinajstić information content (AvgIpc) is 3.07. The lowest BCUT2D eigenvalue weighted by atomic mass is 10.1. The van der Waals surface area contributed by atoms with E-state index in [2.05, 4.69) is 15.7 Å². The number of benzene rings is 1. The fraction of sp³-hybridized carbons (Fsp3) is 0.312. The van der Waals surface area contributed by atoms with Gasteiger partial charge in [0.05, 0.1) is 11.8 Å². The molecule has 2 rings (SSSR count). The van der Waals surface area contributed by atoms with Crippen LogP contribution in [0.5, 0.6) is 5.75 Å². The average molecular weight is 336 g/mol. The minimum absolute atomic E-state index is 0.164. The Labute approximate surface area is 139 Å². The number of halogens is 1. The predicted octanol–water partition coefficient (Wildman–Crippen LogP) is 3.58. The van der Waals surface area contributed by atoms with Crippen molar-refractivity contribution in [1.82, 2.24) is 10.6 Å². The molecule has 0 bridgehead atoms. The number of aryl methyl sites for hydroxylation is 1. The molecule has 7 heteroatoms.